The zero-order valence-corrected chi connectivity index (χ0v) is 7.94. The van der Waals surface area contributed by atoms with Crippen LogP contribution in [0.3, 0.4) is 0 Å². The summed E-state index contributed by atoms with van der Waals surface area (Å²) < 4.78 is 0. The molecule has 0 radical (unpaired) electrons. The Morgan fingerprint density at radius 2 is 1.92 bits per heavy atom. The molecular formula is C10H16N2. The molecule has 3 N–H and O–H groups in total. The maximum Gasteiger partial charge on any atom is 0.0346 e. The Bertz CT molecular complexity index is 279. The third-order valence-corrected chi connectivity index (χ3v) is 2.09. The summed E-state index contributed by atoms with van der Waals surface area (Å²) in [6, 6.07) is 4.17. The van der Waals surface area contributed by atoms with Gasteiger partial charge >= 0.3 is 0 Å². The topological polar surface area (TPSA) is 38.0 Å². The maximum absolute atomic E-state index is 5.77. The fourth-order valence-corrected chi connectivity index (χ4v) is 1.28. The molecule has 0 bridgehead atoms. The van der Waals surface area contributed by atoms with Crippen molar-refractivity contribution in [3.63, 3.8) is 0 Å². The quantitative estimate of drug-likeness (QED) is 0.652. The molecule has 0 unspecified atom stereocenters. The van der Waals surface area contributed by atoms with Crippen molar-refractivity contribution < 1.29 is 0 Å². The van der Waals surface area contributed by atoms with Gasteiger partial charge in [0.05, 0.1) is 0 Å². The number of rotatable bonds is 2. The first-order valence-electron chi connectivity index (χ1n) is 4.15. The van der Waals surface area contributed by atoms with E-state index in [1.165, 1.54) is 11.1 Å². The lowest BCUT2D eigenvalue weighted by molar-refractivity contribution is 0.811. The van der Waals surface area contributed by atoms with Gasteiger partial charge in [0.15, 0.2) is 0 Å². The lowest BCUT2D eigenvalue weighted by Crippen LogP contribution is -2.07. The number of anilines is 1. The summed E-state index contributed by atoms with van der Waals surface area (Å²) >= 11 is 0. The van der Waals surface area contributed by atoms with Gasteiger partial charge in [-0.15, -0.1) is 0 Å². The lowest BCUT2D eigenvalue weighted by atomic mass is 10.0. The molecule has 1 rings (SSSR count). The standard InChI is InChI=1S/C10H16N2/c1-7-5-10(11)8(2)4-9(7)6-12-3/h4-5,12H,6,11H2,1-3H3. The first-order valence-corrected chi connectivity index (χ1v) is 4.15. The van der Waals surface area contributed by atoms with Crippen LogP contribution in [0.2, 0.25) is 0 Å². The molecule has 0 atom stereocenters. The minimum Gasteiger partial charge on any atom is -0.399 e. The van der Waals surface area contributed by atoms with Crippen LogP contribution in [-0.2, 0) is 6.54 Å². The summed E-state index contributed by atoms with van der Waals surface area (Å²) in [5.74, 6) is 0. The Hall–Kier alpha value is -1.02. The van der Waals surface area contributed by atoms with Crippen LogP contribution in [0, 0.1) is 13.8 Å². The highest BCUT2D eigenvalue weighted by Crippen LogP contribution is 2.17. The van der Waals surface area contributed by atoms with E-state index in [2.05, 4.69) is 18.3 Å². The fourth-order valence-electron chi connectivity index (χ4n) is 1.28. The van der Waals surface area contributed by atoms with E-state index in [0.717, 1.165) is 17.8 Å². The van der Waals surface area contributed by atoms with Gasteiger partial charge in [-0.3, -0.25) is 0 Å². The Morgan fingerprint density at radius 1 is 1.25 bits per heavy atom. The van der Waals surface area contributed by atoms with Crippen LogP contribution >= 0.6 is 0 Å². The molecule has 0 aliphatic rings. The predicted molar refractivity (Wildman–Crippen MR) is 53.1 cm³/mol. The third kappa shape index (κ3) is 1.77. The molecule has 0 spiro atoms. The Labute approximate surface area is 73.8 Å². The predicted octanol–water partition coefficient (Wildman–Crippen LogP) is 1.61. The van der Waals surface area contributed by atoms with E-state index in [9.17, 15) is 0 Å². The van der Waals surface area contributed by atoms with Gasteiger partial charge in [-0.25, -0.2) is 0 Å². The van der Waals surface area contributed by atoms with Crippen LogP contribution < -0.4 is 11.1 Å². The van der Waals surface area contributed by atoms with Gasteiger partial charge in [-0.1, -0.05) is 6.07 Å². The van der Waals surface area contributed by atoms with Crippen LogP contribution in [0.25, 0.3) is 0 Å². The van der Waals surface area contributed by atoms with Crippen LogP contribution in [0.1, 0.15) is 16.7 Å². The summed E-state index contributed by atoms with van der Waals surface area (Å²) in [7, 11) is 1.95. The molecule has 0 aliphatic heterocycles. The van der Waals surface area contributed by atoms with Gasteiger partial charge in [-0.2, -0.15) is 0 Å². The minimum absolute atomic E-state index is 0.882. The van der Waals surface area contributed by atoms with E-state index in [0.29, 0.717) is 0 Å². The molecule has 0 aliphatic carbocycles. The highest BCUT2D eigenvalue weighted by molar-refractivity contribution is 5.51. The van der Waals surface area contributed by atoms with Gasteiger partial charge in [0.1, 0.15) is 0 Å². The molecule has 0 aromatic heterocycles. The number of nitrogens with two attached hydrogens (primary N) is 1. The Kier molecular flexibility index (Phi) is 2.71. The average Bonchev–Trinajstić information content (AvgIpc) is 2.01. The highest BCUT2D eigenvalue weighted by atomic mass is 14.8. The van der Waals surface area contributed by atoms with Crippen LogP contribution in [0.4, 0.5) is 5.69 Å². The van der Waals surface area contributed by atoms with Crippen molar-refractivity contribution in [3.8, 4) is 0 Å². The van der Waals surface area contributed by atoms with E-state index < -0.39 is 0 Å². The Morgan fingerprint density at radius 3 is 2.50 bits per heavy atom. The lowest BCUT2D eigenvalue weighted by Gasteiger charge is -2.08. The van der Waals surface area contributed by atoms with Crippen LogP contribution in [0.15, 0.2) is 12.1 Å². The smallest absolute Gasteiger partial charge is 0.0346 e. The molecule has 1 aromatic rings. The van der Waals surface area contributed by atoms with E-state index in [1.807, 2.05) is 20.0 Å². The summed E-state index contributed by atoms with van der Waals surface area (Å²) in [5.41, 5.74) is 10.4. The van der Waals surface area contributed by atoms with Gasteiger partial charge in [-0.05, 0) is 43.7 Å². The SMILES string of the molecule is CNCc1cc(C)c(N)cc1C. The molecule has 2 nitrogen and oxygen atoms in total. The monoisotopic (exact) mass is 164 g/mol. The first kappa shape index (κ1) is 9.07. The molecule has 0 heterocycles. The van der Waals surface area contributed by atoms with Crippen molar-refractivity contribution >= 4 is 5.69 Å². The zero-order valence-electron chi connectivity index (χ0n) is 7.94. The van der Waals surface area contributed by atoms with E-state index in [1.54, 1.807) is 0 Å². The van der Waals surface area contributed by atoms with Crippen molar-refractivity contribution in [1.82, 2.24) is 5.32 Å². The summed E-state index contributed by atoms with van der Waals surface area (Å²) in [4.78, 5) is 0. The number of aryl methyl sites for hydroxylation is 2. The van der Waals surface area contributed by atoms with Crippen molar-refractivity contribution in [2.24, 2.45) is 0 Å². The van der Waals surface area contributed by atoms with Crippen molar-refractivity contribution in [3.05, 3.63) is 28.8 Å². The van der Waals surface area contributed by atoms with Crippen molar-refractivity contribution in [2.75, 3.05) is 12.8 Å². The second kappa shape index (κ2) is 3.59. The van der Waals surface area contributed by atoms with E-state index in [4.69, 9.17) is 5.73 Å². The molecule has 2 heteroatoms. The molecule has 0 amide bonds. The molecule has 1 aromatic carbocycles. The summed E-state index contributed by atoms with van der Waals surface area (Å²) in [6.45, 7) is 5.03. The van der Waals surface area contributed by atoms with E-state index in [-0.39, 0.29) is 0 Å². The molecule has 66 valence electrons. The number of benzene rings is 1. The van der Waals surface area contributed by atoms with Gasteiger partial charge in [0.25, 0.3) is 0 Å². The molecule has 0 saturated carbocycles. The normalized spacial score (nSPS) is 10.2. The molecular weight excluding hydrogens is 148 g/mol. The zero-order chi connectivity index (χ0) is 9.14. The maximum atomic E-state index is 5.77. The minimum atomic E-state index is 0.882. The number of nitrogens with one attached hydrogen (secondary N) is 1. The summed E-state index contributed by atoms with van der Waals surface area (Å²) in [6.07, 6.45) is 0. The van der Waals surface area contributed by atoms with Crippen molar-refractivity contribution in [2.45, 2.75) is 20.4 Å². The second-order valence-electron chi connectivity index (χ2n) is 3.17. The number of hydrogen-bond acceptors (Lipinski definition) is 2. The van der Waals surface area contributed by atoms with Gasteiger partial charge in [0.2, 0.25) is 0 Å². The highest BCUT2D eigenvalue weighted by Gasteiger charge is 2.00. The number of hydrogen-bond donors (Lipinski definition) is 2. The largest absolute Gasteiger partial charge is 0.399 e. The fraction of sp³-hybridized carbons (Fsp3) is 0.400. The van der Waals surface area contributed by atoms with Gasteiger partial charge < -0.3 is 11.1 Å². The van der Waals surface area contributed by atoms with Gasteiger partial charge in [0, 0.05) is 12.2 Å². The van der Waals surface area contributed by atoms with E-state index >= 15 is 0 Å². The third-order valence-electron chi connectivity index (χ3n) is 2.09. The first-order chi connectivity index (χ1) is 5.65. The second-order valence-corrected chi connectivity index (χ2v) is 3.17. The molecule has 12 heavy (non-hydrogen) atoms. The Balaban J connectivity index is 3.05. The molecule has 0 fully saturated rings. The number of nitrogen functional groups attached to an aromatic ring is 1. The molecule has 0 saturated heterocycles. The van der Waals surface area contributed by atoms with Crippen LogP contribution in [0.5, 0.6) is 0 Å². The average molecular weight is 164 g/mol. The summed E-state index contributed by atoms with van der Waals surface area (Å²) in [5, 5.41) is 3.13. The van der Waals surface area contributed by atoms with Crippen molar-refractivity contribution in [1.29, 1.82) is 0 Å². The van der Waals surface area contributed by atoms with Crippen LogP contribution in [-0.4, -0.2) is 7.05 Å².